The molecular formula is C28H23F2N7O3. The number of fused-ring (bicyclic) bond motifs is 3. The molecule has 6 rings (SSSR count). The van der Waals surface area contributed by atoms with Crippen molar-refractivity contribution in [3.63, 3.8) is 0 Å². The summed E-state index contributed by atoms with van der Waals surface area (Å²) in [5.41, 5.74) is 1.70. The number of ether oxygens (including phenoxy) is 1. The Hall–Kier alpha value is -5.13. The fourth-order valence-electron chi connectivity index (χ4n) is 4.49. The van der Waals surface area contributed by atoms with Crippen LogP contribution < -0.4 is 10.6 Å². The van der Waals surface area contributed by atoms with Crippen LogP contribution in [0.3, 0.4) is 0 Å². The summed E-state index contributed by atoms with van der Waals surface area (Å²) >= 11 is 0. The summed E-state index contributed by atoms with van der Waals surface area (Å²) in [5, 5.41) is 10.7. The van der Waals surface area contributed by atoms with E-state index in [2.05, 4.69) is 25.7 Å². The molecule has 1 fully saturated rings. The van der Waals surface area contributed by atoms with Crippen LogP contribution in [0.5, 0.6) is 0 Å². The second-order valence-electron chi connectivity index (χ2n) is 9.22. The summed E-state index contributed by atoms with van der Waals surface area (Å²) in [6.07, 6.45) is -0.575. The SMILES string of the molecule is O=C1NCCN(C(=O)OCc2ccccc2)C[C@H]1Nc1nc2c(F)cccc2c2nc(-c3ccc(F)cc3)nn12. The average Bonchev–Trinajstić information content (AvgIpc) is 3.34. The van der Waals surface area contributed by atoms with Crippen LogP contribution in [0.15, 0.2) is 72.8 Å². The number of aromatic nitrogens is 4. The van der Waals surface area contributed by atoms with Gasteiger partial charge >= 0.3 is 6.09 Å². The maximum absolute atomic E-state index is 14.8. The molecule has 0 aliphatic carbocycles. The quantitative estimate of drug-likeness (QED) is 0.347. The number of nitrogens with zero attached hydrogens (tertiary/aromatic N) is 5. The third-order valence-electron chi connectivity index (χ3n) is 6.52. The topological polar surface area (TPSA) is 114 Å². The Morgan fingerprint density at radius 3 is 2.62 bits per heavy atom. The Kier molecular flexibility index (Phi) is 6.64. The van der Waals surface area contributed by atoms with Crippen LogP contribution in [0.4, 0.5) is 19.5 Å². The zero-order valence-corrected chi connectivity index (χ0v) is 21.1. The summed E-state index contributed by atoms with van der Waals surface area (Å²) in [5.74, 6) is -1.05. The minimum Gasteiger partial charge on any atom is -0.445 e. The first kappa shape index (κ1) is 25.2. The van der Waals surface area contributed by atoms with Crippen LogP contribution in [0.1, 0.15) is 5.56 Å². The van der Waals surface area contributed by atoms with Gasteiger partial charge in [-0.1, -0.05) is 36.4 Å². The number of hydrogen-bond donors (Lipinski definition) is 2. The van der Waals surface area contributed by atoms with Gasteiger partial charge in [0.15, 0.2) is 11.5 Å². The summed E-state index contributed by atoms with van der Waals surface area (Å²) in [7, 11) is 0. The number of para-hydroxylation sites is 1. The van der Waals surface area contributed by atoms with Crippen molar-refractivity contribution in [2.24, 2.45) is 0 Å². The van der Waals surface area contributed by atoms with Crippen molar-refractivity contribution < 1.29 is 23.1 Å². The predicted molar refractivity (Wildman–Crippen MR) is 142 cm³/mol. The molecule has 1 aliphatic rings. The Morgan fingerprint density at radius 1 is 1.02 bits per heavy atom. The molecule has 0 bridgehead atoms. The van der Waals surface area contributed by atoms with E-state index in [1.165, 1.54) is 45.8 Å². The minimum atomic E-state index is -0.954. The van der Waals surface area contributed by atoms with E-state index in [1.807, 2.05) is 30.3 Å². The molecule has 12 heteroatoms. The van der Waals surface area contributed by atoms with E-state index < -0.39 is 23.8 Å². The lowest BCUT2D eigenvalue weighted by Crippen LogP contribution is -2.44. The van der Waals surface area contributed by atoms with Crippen molar-refractivity contribution >= 4 is 34.5 Å². The molecule has 2 N–H and O–H groups in total. The highest BCUT2D eigenvalue weighted by Gasteiger charge is 2.30. The Labute approximate surface area is 226 Å². The molecule has 40 heavy (non-hydrogen) atoms. The molecule has 5 aromatic rings. The van der Waals surface area contributed by atoms with Gasteiger partial charge < -0.3 is 20.3 Å². The molecular weight excluding hydrogens is 520 g/mol. The largest absolute Gasteiger partial charge is 0.445 e. The smallest absolute Gasteiger partial charge is 0.410 e. The van der Waals surface area contributed by atoms with Crippen LogP contribution in [-0.2, 0) is 16.1 Å². The number of benzene rings is 3. The molecule has 1 atom stereocenters. The Bertz CT molecular complexity index is 1710. The van der Waals surface area contributed by atoms with E-state index in [1.54, 1.807) is 6.07 Å². The molecule has 3 aromatic carbocycles. The number of halogens is 2. The fraction of sp³-hybridized carbons (Fsp3) is 0.179. The third kappa shape index (κ3) is 4.98. The monoisotopic (exact) mass is 543 g/mol. The molecule has 0 radical (unpaired) electrons. The third-order valence-corrected chi connectivity index (χ3v) is 6.52. The van der Waals surface area contributed by atoms with Crippen molar-refractivity contribution in [3.05, 3.63) is 90.0 Å². The van der Waals surface area contributed by atoms with Crippen LogP contribution in [0.25, 0.3) is 27.9 Å². The van der Waals surface area contributed by atoms with Crippen molar-refractivity contribution in [1.29, 1.82) is 0 Å². The molecule has 1 saturated heterocycles. The van der Waals surface area contributed by atoms with Crippen LogP contribution in [0.2, 0.25) is 0 Å². The maximum Gasteiger partial charge on any atom is 0.410 e. The van der Waals surface area contributed by atoms with Crippen LogP contribution in [0, 0.1) is 11.6 Å². The van der Waals surface area contributed by atoms with Crippen molar-refractivity contribution in [3.8, 4) is 11.4 Å². The van der Waals surface area contributed by atoms with Gasteiger partial charge in [-0.15, -0.1) is 5.10 Å². The van der Waals surface area contributed by atoms with Gasteiger partial charge in [0, 0.05) is 24.0 Å². The minimum absolute atomic E-state index is 0.0303. The second-order valence-corrected chi connectivity index (χ2v) is 9.22. The van der Waals surface area contributed by atoms with E-state index in [4.69, 9.17) is 4.74 Å². The Morgan fingerprint density at radius 2 is 1.82 bits per heavy atom. The van der Waals surface area contributed by atoms with E-state index in [0.717, 1.165) is 5.56 Å². The maximum atomic E-state index is 14.8. The van der Waals surface area contributed by atoms with E-state index in [-0.39, 0.29) is 49.4 Å². The predicted octanol–water partition coefficient (Wildman–Crippen LogP) is 3.77. The molecule has 3 heterocycles. The first-order valence-corrected chi connectivity index (χ1v) is 12.6. The van der Waals surface area contributed by atoms with Crippen molar-refractivity contribution in [2.75, 3.05) is 25.0 Å². The van der Waals surface area contributed by atoms with Crippen molar-refractivity contribution in [2.45, 2.75) is 12.6 Å². The highest BCUT2D eigenvalue weighted by Crippen LogP contribution is 2.26. The zero-order valence-electron chi connectivity index (χ0n) is 21.1. The molecule has 2 aromatic heterocycles. The van der Waals surface area contributed by atoms with Gasteiger partial charge in [-0.05, 0) is 42.0 Å². The lowest BCUT2D eigenvalue weighted by molar-refractivity contribution is -0.121. The van der Waals surface area contributed by atoms with E-state index in [9.17, 15) is 18.4 Å². The van der Waals surface area contributed by atoms with Crippen LogP contribution >= 0.6 is 0 Å². The standard InChI is InChI=1S/C28H23F2N7O3/c29-19-11-9-18(10-12-19)24-34-25-20-7-4-8-21(30)23(20)33-27(37(25)35-24)32-22-15-36(14-13-31-26(22)38)28(39)40-16-17-5-2-1-3-6-17/h1-12,22H,13-16H2,(H,31,38)(H,32,33)/t22-/m1/s1. The summed E-state index contributed by atoms with van der Waals surface area (Å²) in [4.78, 5) is 36.2. The summed E-state index contributed by atoms with van der Waals surface area (Å²) < 4.78 is 35.2. The average molecular weight is 544 g/mol. The molecule has 202 valence electrons. The van der Waals surface area contributed by atoms with E-state index in [0.29, 0.717) is 16.6 Å². The number of nitrogens with one attached hydrogen (secondary N) is 2. The molecule has 0 spiro atoms. The molecule has 2 amide bonds. The highest BCUT2D eigenvalue weighted by molar-refractivity contribution is 5.94. The zero-order chi connectivity index (χ0) is 27.6. The van der Waals surface area contributed by atoms with E-state index >= 15 is 0 Å². The van der Waals surface area contributed by atoms with Crippen LogP contribution in [-0.4, -0.2) is 62.2 Å². The molecule has 1 aliphatic heterocycles. The first-order chi connectivity index (χ1) is 19.5. The summed E-state index contributed by atoms with van der Waals surface area (Å²) in [6.45, 7) is 0.528. The van der Waals surface area contributed by atoms with Gasteiger partial charge in [-0.3, -0.25) is 4.79 Å². The van der Waals surface area contributed by atoms with Gasteiger partial charge in [0.1, 0.15) is 29.8 Å². The number of carbonyl (C=O) groups is 2. The number of amides is 2. The molecule has 0 saturated carbocycles. The highest BCUT2D eigenvalue weighted by atomic mass is 19.1. The normalized spacial score (nSPS) is 15.6. The van der Waals surface area contributed by atoms with Gasteiger partial charge in [0.25, 0.3) is 0 Å². The van der Waals surface area contributed by atoms with Gasteiger partial charge in [-0.25, -0.2) is 23.5 Å². The lowest BCUT2D eigenvalue weighted by atomic mass is 10.2. The number of rotatable bonds is 5. The Balaban J connectivity index is 1.32. The number of anilines is 1. The lowest BCUT2D eigenvalue weighted by Gasteiger charge is -2.23. The number of carbonyl (C=O) groups excluding carboxylic acids is 2. The second kappa shape index (κ2) is 10.6. The molecule has 0 unspecified atom stereocenters. The van der Waals surface area contributed by atoms with Gasteiger partial charge in [0.2, 0.25) is 11.9 Å². The first-order valence-electron chi connectivity index (χ1n) is 12.6. The summed E-state index contributed by atoms with van der Waals surface area (Å²) in [6, 6.07) is 18.4. The fourth-order valence-corrected chi connectivity index (χ4v) is 4.49. The van der Waals surface area contributed by atoms with Gasteiger partial charge in [0.05, 0.1) is 6.54 Å². The van der Waals surface area contributed by atoms with Gasteiger partial charge in [-0.2, -0.15) is 4.52 Å². The van der Waals surface area contributed by atoms with Crippen molar-refractivity contribution in [1.82, 2.24) is 29.8 Å². The number of hydrogen-bond acceptors (Lipinski definition) is 7. The molecule has 10 nitrogen and oxygen atoms in total.